The van der Waals surface area contributed by atoms with Gasteiger partial charge in [0.05, 0.1) is 0 Å². The molecule has 5 rings (SSSR count). The first-order valence-corrected chi connectivity index (χ1v) is 14.0. The molecule has 4 heterocycles. The Bertz CT molecular complexity index is 1470. The minimum atomic E-state index is -0.308. The first-order chi connectivity index (χ1) is 18.8. The maximum atomic E-state index is 12.2. The predicted molar refractivity (Wildman–Crippen MR) is 152 cm³/mol. The zero-order chi connectivity index (χ0) is 27.5. The minimum Gasteiger partial charge on any atom is -0.490 e. The van der Waals surface area contributed by atoms with Crippen molar-refractivity contribution in [2.75, 3.05) is 32.0 Å². The van der Waals surface area contributed by atoms with E-state index in [0.717, 1.165) is 70.2 Å². The van der Waals surface area contributed by atoms with E-state index in [-0.39, 0.29) is 12.1 Å². The van der Waals surface area contributed by atoms with Crippen molar-refractivity contribution in [1.82, 2.24) is 30.4 Å². The molecule has 0 atom stereocenters. The number of pyridine rings is 1. The van der Waals surface area contributed by atoms with Gasteiger partial charge in [-0.3, -0.25) is 5.32 Å². The molecule has 4 aromatic rings. The van der Waals surface area contributed by atoms with Crippen LogP contribution in [0.4, 0.5) is 10.6 Å². The normalized spacial score (nSPS) is 14.4. The number of urea groups is 1. The summed E-state index contributed by atoms with van der Waals surface area (Å²) in [4.78, 5) is 23.8. The lowest BCUT2D eigenvalue weighted by atomic mass is 9.96. The summed E-state index contributed by atoms with van der Waals surface area (Å²) < 4.78 is 12.4. The van der Waals surface area contributed by atoms with Gasteiger partial charge in [-0.2, -0.15) is 0 Å². The lowest BCUT2D eigenvalue weighted by molar-refractivity contribution is 0.114. The third kappa shape index (κ3) is 6.10. The van der Waals surface area contributed by atoms with Gasteiger partial charge in [0, 0.05) is 66.1 Å². The maximum Gasteiger partial charge on any atom is 0.320 e. The number of nitrogens with one attached hydrogen (secondary N) is 2. The monoisotopic (exact) mass is 547 g/mol. The summed E-state index contributed by atoms with van der Waals surface area (Å²) in [6.07, 6.45) is 3.80. The number of amides is 2. The number of aryl methyl sites for hydroxylation is 2. The summed E-state index contributed by atoms with van der Waals surface area (Å²) >= 11 is 1.55. The predicted octanol–water partition coefficient (Wildman–Crippen LogP) is 5.46. The highest BCUT2D eigenvalue weighted by molar-refractivity contribution is 7.13. The van der Waals surface area contributed by atoms with Crippen molar-refractivity contribution in [3.8, 4) is 38.9 Å². The van der Waals surface area contributed by atoms with Gasteiger partial charge < -0.3 is 19.4 Å². The smallest absolute Gasteiger partial charge is 0.320 e. The Labute approximate surface area is 231 Å². The SMILES string of the molecule is CCNC(=O)Nc1cc(-c2nc(C)cs2)c(-c2cc(OC3CCN(C)CC3)c(C)c(-c3nnc(C)o3)c2)cn1. The highest BCUT2D eigenvalue weighted by atomic mass is 32.1. The van der Waals surface area contributed by atoms with E-state index in [1.807, 2.05) is 38.3 Å². The first kappa shape index (κ1) is 26.8. The topological polar surface area (TPSA) is 118 Å². The highest BCUT2D eigenvalue weighted by Gasteiger charge is 2.23. The Morgan fingerprint density at radius 2 is 1.92 bits per heavy atom. The van der Waals surface area contributed by atoms with E-state index in [9.17, 15) is 4.79 Å². The molecule has 204 valence electrons. The van der Waals surface area contributed by atoms with Gasteiger partial charge in [-0.15, -0.1) is 21.5 Å². The number of hydrogen-bond acceptors (Lipinski definition) is 9. The molecule has 1 aromatic carbocycles. The van der Waals surface area contributed by atoms with Gasteiger partial charge in [-0.05, 0) is 64.4 Å². The maximum absolute atomic E-state index is 12.2. The van der Waals surface area contributed by atoms with Crippen LogP contribution in [0.3, 0.4) is 0 Å². The molecule has 0 bridgehead atoms. The Hall–Kier alpha value is -3.83. The average Bonchev–Trinajstić information content (AvgIpc) is 3.55. The third-order valence-electron chi connectivity index (χ3n) is 6.72. The van der Waals surface area contributed by atoms with Gasteiger partial charge in [-0.1, -0.05) is 0 Å². The molecular formula is C28H33N7O3S. The lowest BCUT2D eigenvalue weighted by Crippen LogP contribution is -2.35. The summed E-state index contributed by atoms with van der Waals surface area (Å²) in [6, 6.07) is 5.63. The molecule has 3 aromatic heterocycles. The highest BCUT2D eigenvalue weighted by Crippen LogP contribution is 2.41. The van der Waals surface area contributed by atoms with Crippen LogP contribution in [0.15, 0.2) is 34.2 Å². The van der Waals surface area contributed by atoms with Crippen molar-refractivity contribution < 1.29 is 13.9 Å². The van der Waals surface area contributed by atoms with Crippen LogP contribution in [0.25, 0.3) is 33.2 Å². The second-order valence-corrected chi connectivity index (χ2v) is 10.6. The van der Waals surface area contributed by atoms with Gasteiger partial charge in [0.25, 0.3) is 0 Å². The summed E-state index contributed by atoms with van der Waals surface area (Å²) in [7, 11) is 2.14. The quantitative estimate of drug-likeness (QED) is 0.313. The van der Waals surface area contributed by atoms with Crippen molar-refractivity contribution in [3.05, 3.63) is 46.9 Å². The van der Waals surface area contributed by atoms with Crippen LogP contribution in [0.1, 0.15) is 36.9 Å². The van der Waals surface area contributed by atoms with Gasteiger partial charge in [-0.25, -0.2) is 14.8 Å². The van der Waals surface area contributed by atoms with Crippen molar-refractivity contribution in [3.63, 3.8) is 0 Å². The summed E-state index contributed by atoms with van der Waals surface area (Å²) in [5, 5.41) is 16.7. The number of carbonyl (C=O) groups excluding carboxylic acids is 1. The number of anilines is 1. The summed E-state index contributed by atoms with van der Waals surface area (Å²) in [6.45, 7) is 10.1. The number of hydrogen-bond donors (Lipinski definition) is 2. The first-order valence-electron chi connectivity index (χ1n) is 13.1. The van der Waals surface area contributed by atoms with E-state index >= 15 is 0 Å². The Morgan fingerprint density at radius 1 is 1.13 bits per heavy atom. The van der Waals surface area contributed by atoms with Crippen LogP contribution in [-0.4, -0.2) is 63.9 Å². The van der Waals surface area contributed by atoms with E-state index in [1.165, 1.54) is 0 Å². The second-order valence-electron chi connectivity index (χ2n) is 9.79. The minimum absolute atomic E-state index is 0.121. The zero-order valence-corrected chi connectivity index (χ0v) is 23.7. The van der Waals surface area contributed by atoms with E-state index in [2.05, 4.69) is 43.8 Å². The third-order valence-corrected chi connectivity index (χ3v) is 7.71. The van der Waals surface area contributed by atoms with Crippen molar-refractivity contribution >= 4 is 23.2 Å². The molecule has 0 saturated carbocycles. The molecule has 1 aliphatic rings. The Kier molecular flexibility index (Phi) is 7.89. The number of carbonyl (C=O) groups is 1. The molecule has 10 nitrogen and oxygen atoms in total. The fourth-order valence-electron chi connectivity index (χ4n) is 4.60. The molecule has 2 amide bonds. The molecule has 1 aliphatic heterocycles. The largest absolute Gasteiger partial charge is 0.490 e. The summed E-state index contributed by atoms with van der Waals surface area (Å²) in [5.41, 5.74) is 5.27. The molecule has 0 radical (unpaired) electrons. The lowest BCUT2D eigenvalue weighted by Gasteiger charge is -2.30. The van der Waals surface area contributed by atoms with Crippen molar-refractivity contribution in [2.45, 2.75) is 46.6 Å². The molecule has 0 aliphatic carbocycles. The zero-order valence-electron chi connectivity index (χ0n) is 22.9. The standard InChI is InChI=1S/C28H33N7O3S/c1-6-29-28(36)32-25-13-22(27-31-16(2)15-39-27)23(14-30-25)19-11-21(26-34-33-18(4)37-26)17(3)24(12-19)38-20-7-9-35(5)10-8-20/h11-15,20H,6-10H2,1-5H3,(H2,29,30,32,36). The number of rotatable bonds is 7. The van der Waals surface area contributed by atoms with Crippen LogP contribution < -0.4 is 15.4 Å². The van der Waals surface area contributed by atoms with Crippen LogP contribution >= 0.6 is 11.3 Å². The van der Waals surface area contributed by atoms with Gasteiger partial charge >= 0.3 is 6.03 Å². The number of ether oxygens (including phenoxy) is 1. The Morgan fingerprint density at radius 3 is 2.59 bits per heavy atom. The molecule has 39 heavy (non-hydrogen) atoms. The molecule has 0 spiro atoms. The van der Waals surface area contributed by atoms with E-state index in [4.69, 9.17) is 14.1 Å². The van der Waals surface area contributed by atoms with E-state index in [1.54, 1.807) is 24.5 Å². The van der Waals surface area contributed by atoms with Gasteiger partial charge in [0.1, 0.15) is 22.7 Å². The molecule has 11 heteroatoms. The number of nitrogens with zero attached hydrogens (tertiary/aromatic N) is 5. The van der Waals surface area contributed by atoms with Gasteiger partial charge in [0.15, 0.2) is 0 Å². The van der Waals surface area contributed by atoms with Gasteiger partial charge in [0.2, 0.25) is 11.8 Å². The fourth-order valence-corrected chi connectivity index (χ4v) is 5.43. The molecule has 0 unspecified atom stereocenters. The number of benzene rings is 1. The second kappa shape index (κ2) is 11.5. The van der Waals surface area contributed by atoms with Crippen LogP contribution in [0.2, 0.25) is 0 Å². The number of likely N-dealkylation sites (tertiary alicyclic amines) is 1. The molecule has 2 N–H and O–H groups in total. The van der Waals surface area contributed by atoms with Crippen molar-refractivity contribution in [1.29, 1.82) is 0 Å². The fraction of sp³-hybridized carbons (Fsp3) is 0.393. The number of piperidine rings is 1. The van der Waals surface area contributed by atoms with E-state index < -0.39 is 0 Å². The number of aromatic nitrogens is 4. The van der Waals surface area contributed by atoms with Crippen molar-refractivity contribution in [2.24, 2.45) is 0 Å². The molecule has 1 fully saturated rings. The Balaban J connectivity index is 1.62. The van der Waals surface area contributed by atoms with E-state index in [0.29, 0.717) is 24.1 Å². The molecule has 1 saturated heterocycles. The number of thiazole rings is 1. The average molecular weight is 548 g/mol. The van der Waals surface area contributed by atoms with Crippen LogP contribution in [-0.2, 0) is 0 Å². The summed E-state index contributed by atoms with van der Waals surface area (Å²) in [5.74, 6) is 2.15. The van der Waals surface area contributed by atoms with Crippen LogP contribution in [0, 0.1) is 20.8 Å². The molecular weight excluding hydrogens is 514 g/mol. The van der Waals surface area contributed by atoms with Crippen LogP contribution in [0.5, 0.6) is 5.75 Å².